The summed E-state index contributed by atoms with van der Waals surface area (Å²) in [6, 6.07) is 6.45. The van der Waals surface area contributed by atoms with Gasteiger partial charge in [-0.3, -0.25) is 4.79 Å². The number of carbonyl (C=O) groups is 1. The van der Waals surface area contributed by atoms with Gasteiger partial charge in [-0.15, -0.1) is 0 Å². The average Bonchev–Trinajstić information content (AvgIpc) is 3.08. The lowest BCUT2D eigenvalue weighted by Gasteiger charge is -2.27. The molecule has 2 rings (SSSR count). The zero-order chi connectivity index (χ0) is 13.3. The highest BCUT2D eigenvalue weighted by Gasteiger charge is 2.29. The molecule has 1 aliphatic rings. The molecule has 18 heavy (non-hydrogen) atoms. The van der Waals surface area contributed by atoms with Crippen LogP contribution >= 0.6 is 11.6 Å². The molecule has 0 aromatic heterocycles. The molecule has 0 saturated heterocycles. The summed E-state index contributed by atoms with van der Waals surface area (Å²) >= 11 is 6.18. The highest BCUT2D eigenvalue weighted by molar-refractivity contribution is 6.34. The van der Waals surface area contributed by atoms with Crippen molar-refractivity contribution in [1.82, 2.24) is 0 Å². The molecule has 3 heteroatoms. The van der Waals surface area contributed by atoms with E-state index < -0.39 is 0 Å². The summed E-state index contributed by atoms with van der Waals surface area (Å²) in [5.74, 6) is 0.644. The molecule has 0 radical (unpaired) electrons. The zero-order valence-electron chi connectivity index (χ0n) is 11.2. The SMILES string of the molecule is CC(=O)c1ccc(N(CC(C)C)C2CC2)cc1Cl. The Hall–Kier alpha value is -1.02. The van der Waals surface area contributed by atoms with Gasteiger partial charge < -0.3 is 4.90 Å². The van der Waals surface area contributed by atoms with Gasteiger partial charge in [0.25, 0.3) is 0 Å². The maximum atomic E-state index is 11.4. The van der Waals surface area contributed by atoms with Crippen LogP contribution in [0, 0.1) is 5.92 Å². The van der Waals surface area contributed by atoms with Crippen LogP contribution in [0.15, 0.2) is 18.2 Å². The first-order valence-electron chi connectivity index (χ1n) is 6.56. The average molecular weight is 266 g/mol. The van der Waals surface area contributed by atoms with E-state index >= 15 is 0 Å². The molecule has 0 aliphatic heterocycles. The molecule has 0 heterocycles. The first-order chi connectivity index (χ1) is 8.49. The Morgan fingerprint density at radius 2 is 2.11 bits per heavy atom. The maximum absolute atomic E-state index is 11.4. The molecule has 1 aliphatic carbocycles. The van der Waals surface area contributed by atoms with Gasteiger partial charge in [-0.2, -0.15) is 0 Å². The fraction of sp³-hybridized carbons (Fsp3) is 0.533. The van der Waals surface area contributed by atoms with Crippen LogP contribution in [0.4, 0.5) is 5.69 Å². The molecule has 98 valence electrons. The molecule has 0 spiro atoms. The molecule has 0 atom stereocenters. The van der Waals surface area contributed by atoms with E-state index in [0.29, 0.717) is 22.5 Å². The number of rotatable bonds is 5. The van der Waals surface area contributed by atoms with E-state index in [4.69, 9.17) is 11.6 Å². The normalized spacial score (nSPS) is 14.9. The van der Waals surface area contributed by atoms with E-state index in [-0.39, 0.29) is 5.78 Å². The monoisotopic (exact) mass is 265 g/mol. The van der Waals surface area contributed by atoms with Crippen molar-refractivity contribution in [2.75, 3.05) is 11.4 Å². The van der Waals surface area contributed by atoms with Crippen molar-refractivity contribution < 1.29 is 4.79 Å². The maximum Gasteiger partial charge on any atom is 0.161 e. The molecule has 1 aromatic carbocycles. The Bertz CT molecular complexity index is 452. The minimum atomic E-state index is 0.0216. The lowest BCUT2D eigenvalue weighted by molar-refractivity contribution is 0.101. The molecule has 1 fully saturated rings. The summed E-state index contributed by atoms with van der Waals surface area (Å²) in [4.78, 5) is 13.8. The van der Waals surface area contributed by atoms with Crippen molar-refractivity contribution in [3.63, 3.8) is 0 Å². The van der Waals surface area contributed by atoms with Crippen molar-refractivity contribution in [2.24, 2.45) is 5.92 Å². The van der Waals surface area contributed by atoms with Crippen molar-refractivity contribution in [3.8, 4) is 0 Å². The quantitative estimate of drug-likeness (QED) is 0.745. The van der Waals surface area contributed by atoms with Crippen molar-refractivity contribution >= 4 is 23.1 Å². The van der Waals surface area contributed by atoms with Crippen LogP contribution in [0.25, 0.3) is 0 Å². The van der Waals surface area contributed by atoms with Gasteiger partial charge in [0, 0.05) is 23.8 Å². The van der Waals surface area contributed by atoms with Crippen LogP contribution in [0.3, 0.4) is 0 Å². The second-order valence-corrected chi connectivity index (χ2v) is 5.90. The van der Waals surface area contributed by atoms with Gasteiger partial charge in [0.1, 0.15) is 0 Å². The minimum absolute atomic E-state index is 0.0216. The fourth-order valence-electron chi connectivity index (χ4n) is 2.21. The van der Waals surface area contributed by atoms with Gasteiger partial charge in [-0.05, 0) is 43.9 Å². The number of hydrogen-bond donors (Lipinski definition) is 0. The zero-order valence-corrected chi connectivity index (χ0v) is 12.0. The second-order valence-electron chi connectivity index (χ2n) is 5.50. The molecule has 1 saturated carbocycles. The van der Waals surface area contributed by atoms with E-state index in [1.165, 1.54) is 12.8 Å². The van der Waals surface area contributed by atoms with Crippen LogP contribution in [0.2, 0.25) is 5.02 Å². The number of halogens is 1. The Morgan fingerprint density at radius 3 is 2.56 bits per heavy atom. The fourth-order valence-corrected chi connectivity index (χ4v) is 2.52. The van der Waals surface area contributed by atoms with Gasteiger partial charge in [0.2, 0.25) is 0 Å². The van der Waals surface area contributed by atoms with Crippen LogP contribution in [0.5, 0.6) is 0 Å². The van der Waals surface area contributed by atoms with Crippen LogP contribution in [-0.2, 0) is 0 Å². The minimum Gasteiger partial charge on any atom is -0.368 e. The standard InChI is InChI=1S/C15H20ClNO/c1-10(2)9-17(12-4-5-12)13-6-7-14(11(3)18)15(16)8-13/h6-8,10,12H,4-5,9H2,1-3H3. The number of ketones is 1. The lowest BCUT2D eigenvalue weighted by atomic mass is 10.1. The van der Waals surface area contributed by atoms with Crippen molar-refractivity contribution in [2.45, 2.75) is 39.7 Å². The number of hydrogen-bond acceptors (Lipinski definition) is 2. The van der Waals surface area contributed by atoms with Gasteiger partial charge in [-0.25, -0.2) is 0 Å². The largest absolute Gasteiger partial charge is 0.368 e. The number of nitrogens with zero attached hydrogens (tertiary/aromatic N) is 1. The molecule has 2 nitrogen and oxygen atoms in total. The Balaban J connectivity index is 2.25. The van der Waals surface area contributed by atoms with E-state index in [2.05, 4.69) is 18.7 Å². The predicted molar refractivity (Wildman–Crippen MR) is 76.7 cm³/mol. The molecule has 0 bridgehead atoms. The highest BCUT2D eigenvalue weighted by atomic mass is 35.5. The summed E-state index contributed by atoms with van der Waals surface area (Å²) in [5, 5.41) is 0.564. The third kappa shape index (κ3) is 3.05. The van der Waals surface area contributed by atoms with E-state index in [9.17, 15) is 4.79 Å². The first kappa shape index (κ1) is 13.4. The Morgan fingerprint density at radius 1 is 1.44 bits per heavy atom. The molecule has 0 unspecified atom stereocenters. The van der Waals surface area contributed by atoms with Crippen LogP contribution in [0.1, 0.15) is 44.0 Å². The van der Waals surface area contributed by atoms with Gasteiger partial charge in [0.05, 0.1) is 5.02 Å². The van der Waals surface area contributed by atoms with E-state index in [0.717, 1.165) is 12.2 Å². The van der Waals surface area contributed by atoms with Crippen molar-refractivity contribution in [3.05, 3.63) is 28.8 Å². The molecule has 0 amide bonds. The third-order valence-electron chi connectivity index (χ3n) is 3.21. The van der Waals surface area contributed by atoms with Crippen LogP contribution in [-0.4, -0.2) is 18.4 Å². The predicted octanol–water partition coefficient (Wildman–Crippen LogP) is 4.17. The smallest absolute Gasteiger partial charge is 0.161 e. The first-order valence-corrected chi connectivity index (χ1v) is 6.94. The number of Topliss-reactive ketones (excluding diaryl/α,β-unsaturated/α-hetero) is 1. The summed E-state index contributed by atoms with van der Waals surface area (Å²) < 4.78 is 0. The Labute approximate surface area is 114 Å². The van der Waals surface area contributed by atoms with Gasteiger partial charge >= 0.3 is 0 Å². The molecular weight excluding hydrogens is 246 g/mol. The summed E-state index contributed by atoms with van der Waals surface area (Å²) in [5.41, 5.74) is 1.75. The third-order valence-corrected chi connectivity index (χ3v) is 3.53. The number of anilines is 1. The topological polar surface area (TPSA) is 20.3 Å². The number of carbonyl (C=O) groups excluding carboxylic acids is 1. The Kier molecular flexibility index (Phi) is 3.96. The highest BCUT2D eigenvalue weighted by Crippen LogP contribution is 2.34. The molecule has 0 N–H and O–H groups in total. The van der Waals surface area contributed by atoms with Gasteiger partial charge in [-0.1, -0.05) is 25.4 Å². The molecular formula is C15H20ClNO. The second kappa shape index (κ2) is 5.31. The van der Waals surface area contributed by atoms with Gasteiger partial charge in [0.15, 0.2) is 5.78 Å². The van der Waals surface area contributed by atoms with E-state index in [1.807, 2.05) is 18.2 Å². The molecule has 1 aromatic rings. The van der Waals surface area contributed by atoms with Crippen LogP contribution < -0.4 is 4.90 Å². The van der Waals surface area contributed by atoms with E-state index in [1.54, 1.807) is 6.92 Å². The summed E-state index contributed by atoms with van der Waals surface area (Å²) in [6.45, 7) is 7.04. The summed E-state index contributed by atoms with van der Waals surface area (Å²) in [7, 11) is 0. The summed E-state index contributed by atoms with van der Waals surface area (Å²) in [6.07, 6.45) is 2.53. The number of benzene rings is 1. The lowest BCUT2D eigenvalue weighted by Crippen LogP contribution is -2.29. The van der Waals surface area contributed by atoms with Crippen molar-refractivity contribution in [1.29, 1.82) is 0 Å².